The summed E-state index contributed by atoms with van der Waals surface area (Å²) < 4.78 is 14.6. The molecule has 194 valence electrons. The first-order valence-electron chi connectivity index (χ1n) is 13.4. The molecule has 0 amide bonds. The van der Waals surface area contributed by atoms with Crippen LogP contribution in [0.4, 0.5) is 27.1 Å². The molecule has 0 radical (unpaired) electrons. The molecule has 2 aromatic carbocycles. The molecule has 2 heterocycles. The molecule has 0 aromatic heterocycles. The summed E-state index contributed by atoms with van der Waals surface area (Å²) in [6.45, 7) is 16.0. The Bertz CT molecular complexity index is 941. The second kappa shape index (κ2) is 13.0. The molecule has 35 heavy (non-hydrogen) atoms. The molecule has 4 rings (SSSR count). The molecule has 0 bridgehead atoms. The van der Waals surface area contributed by atoms with Crippen molar-refractivity contribution in [2.75, 3.05) is 80.4 Å². The SMILES string of the molecule is CC.CCc1cc(N2CCN(Nc3ccc(N4CCCN(C)CC4)cc3CC)CC2)c(F)cc1N. The summed E-state index contributed by atoms with van der Waals surface area (Å²) >= 11 is 0. The summed E-state index contributed by atoms with van der Waals surface area (Å²) in [4.78, 5) is 7.05. The second-order valence-corrected chi connectivity index (χ2v) is 9.28. The summed E-state index contributed by atoms with van der Waals surface area (Å²) in [6.07, 6.45) is 3.00. The molecule has 2 aliphatic rings. The van der Waals surface area contributed by atoms with Crippen LogP contribution in [0.5, 0.6) is 0 Å². The first-order valence-corrected chi connectivity index (χ1v) is 13.4. The monoisotopic (exact) mass is 484 g/mol. The third-order valence-corrected chi connectivity index (χ3v) is 7.04. The number of hydrogen-bond acceptors (Lipinski definition) is 6. The van der Waals surface area contributed by atoms with Gasteiger partial charge in [-0.15, -0.1) is 0 Å². The minimum Gasteiger partial charge on any atom is -0.398 e. The number of hydrazine groups is 1. The lowest BCUT2D eigenvalue weighted by atomic mass is 10.1. The lowest BCUT2D eigenvalue weighted by molar-refractivity contribution is 0.307. The molecule has 0 spiro atoms. The van der Waals surface area contributed by atoms with Crippen LogP contribution in [0.25, 0.3) is 0 Å². The summed E-state index contributed by atoms with van der Waals surface area (Å²) in [7, 11) is 2.21. The topological polar surface area (TPSA) is 51.0 Å². The highest BCUT2D eigenvalue weighted by atomic mass is 19.1. The van der Waals surface area contributed by atoms with Gasteiger partial charge in [-0.3, -0.25) is 0 Å². The van der Waals surface area contributed by atoms with Gasteiger partial charge in [0, 0.05) is 57.2 Å². The molecule has 0 aliphatic carbocycles. The Hall–Kier alpha value is -2.51. The number of hydrogen-bond donors (Lipinski definition) is 2. The van der Waals surface area contributed by atoms with E-state index in [9.17, 15) is 4.39 Å². The number of rotatable bonds is 6. The molecule has 0 atom stereocenters. The van der Waals surface area contributed by atoms with E-state index in [1.807, 2.05) is 19.9 Å². The first kappa shape index (κ1) is 27.1. The fraction of sp³-hybridized carbons (Fsp3) is 0.571. The van der Waals surface area contributed by atoms with Crippen molar-refractivity contribution in [2.24, 2.45) is 0 Å². The molecule has 3 N–H and O–H groups in total. The van der Waals surface area contributed by atoms with E-state index in [2.05, 4.69) is 64.2 Å². The smallest absolute Gasteiger partial charge is 0.148 e. The van der Waals surface area contributed by atoms with Crippen LogP contribution in [-0.4, -0.2) is 69.3 Å². The highest BCUT2D eigenvalue weighted by Gasteiger charge is 2.21. The third kappa shape index (κ3) is 6.79. The quantitative estimate of drug-likeness (QED) is 0.572. The van der Waals surface area contributed by atoms with Gasteiger partial charge in [-0.1, -0.05) is 27.7 Å². The Kier molecular flexibility index (Phi) is 10.0. The van der Waals surface area contributed by atoms with Gasteiger partial charge in [0.05, 0.1) is 11.4 Å². The van der Waals surface area contributed by atoms with Gasteiger partial charge in [0.2, 0.25) is 0 Å². The predicted octanol–water partition coefficient (Wildman–Crippen LogP) is 4.85. The fourth-order valence-electron chi connectivity index (χ4n) is 4.88. The van der Waals surface area contributed by atoms with Crippen LogP contribution in [0.15, 0.2) is 30.3 Å². The molecule has 2 aromatic rings. The number of nitrogens with two attached hydrogens (primary N) is 1. The van der Waals surface area contributed by atoms with E-state index in [1.165, 1.54) is 36.0 Å². The van der Waals surface area contributed by atoms with Crippen molar-refractivity contribution in [3.63, 3.8) is 0 Å². The number of nitrogens with one attached hydrogen (secondary N) is 1. The van der Waals surface area contributed by atoms with Crippen molar-refractivity contribution < 1.29 is 4.39 Å². The van der Waals surface area contributed by atoms with E-state index in [0.29, 0.717) is 11.4 Å². The zero-order valence-corrected chi connectivity index (χ0v) is 22.4. The van der Waals surface area contributed by atoms with Crippen molar-refractivity contribution >= 4 is 22.7 Å². The van der Waals surface area contributed by atoms with E-state index >= 15 is 0 Å². The minimum absolute atomic E-state index is 0.227. The van der Waals surface area contributed by atoms with E-state index in [0.717, 1.165) is 64.2 Å². The highest BCUT2D eigenvalue weighted by molar-refractivity contribution is 5.61. The molecule has 2 saturated heterocycles. The molecule has 0 unspecified atom stereocenters. The number of likely N-dealkylation sites (N-methyl/N-ethyl adjacent to an activating group) is 1. The van der Waals surface area contributed by atoms with E-state index in [-0.39, 0.29) is 5.82 Å². The van der Waals surface area contributed by atoms with Gasteiger partial charge in [-0.2, -0.15) is 0 Å². The number of nitrogen functional groups attached to an aromatic ring is 1. The predicted molar refractivity (Wildman–Crippen MR) is 149 cm³/mol. The number of nitrogens with zero attached hydrogens (tertiary/aromatic N) is 4. The van der Waals surface area contributed by atoms with Gasteiger partial charge in [0.1, 0.15) is 5.82 Å². The van der Waals surface area contributed by atoms with Crippen LogP contribution in [0.2, 0.25) is 0 Å². The molecule has 6 nitrogen and oxygen atoms in total. The number of benzene rings is 2. The highest BCUT2D eigenvalue weighted by Crippen LogP contribution is 2.28. The van der Waals surface area contributed by atoms with Gasteiger partial charge in [0.15, 0.2) is 0 Å². The van der Waals surface area contributed by atoms with Gasteiger partial charge in [-0.25, -0.2) is 9.40 Å². The number of anilines is 4. The molecule has 2 fully saturated rings. The lowest BCUT2D eigenvalue weighted by Crippen LogP contribution is -2.49. The maximum atomic E-state index is 14.6. The molecular formula is C28H45FN6. The van der Waals surface area contributed by atoms with Crippen LogP contribution in [0, 0.1) is 5.82 Å². The number of aryl methyl sites for hydroxylation is 2. The Morgan fingerprint density at radius 3 is 2.20 bits per heavy atom. The third-order valence-electron chi connectivity index (χ3n) is 7.04. The standard InChI is InChI=1S/C26H39FN6.C2H6/c1-4-20-18-26(23(27)19-24(20)28)32-13-15-33(16-14-32)29-25-8-7-22(17-21(25)5-2)31-10-6-9-30(3)11-12-31;1-2/h7-8,17-19,29H,4-6,9-16,28H2,1-3H3;1-2H3. The van der Waals surface area contributed by atoms with Gasteiger partial charge in [0.25, 0.3) is 0 Å². The maximum absolute atomic E-state index is 14.6. The Morgan fingerprint density at radius 2 is 1.51 bits per heavy atom. The van der Waals surface area contributed by atoms with Crippen LogP contribution >= 0.6 is 0 Å². The fourth-order valence-corrected chi connectivity index (χ4v) is 4.88. The van der Waals surface area contributed by atoms with Crippen LogP contribution < -0.4 is 21.0 Å². The first-order chi connectivity index (χ1) is 17.0. The average Bonchev–Trinajstić information content (AvgIpc) is 3.10. The van der Waals surface area contributed by atoms with Crippen LogP contribution in [0.3, 0.4) is 0 Å². The molecular weight excluding hydrogens is 439 g/mol. The summed E-state index contributed by atoms with van der Waals surface area (Å²) in [5.41, 5.74) is 15.6. The van der Waals surface area contributed by atoms with Crippen LogP contribution in [-0.2, 0) is 12.8 Å². The van der Waals surface area contributed by atoms with Crippen molar-refractivity contribution in [2.45, 2.75) is 47.0 Å². The maximum Gasteiger partial charge on any atom is 0.148 e. The van der Waals surface area contributed by atoms with E-state index < -0.39 is 0 Å². The summed E-state index contributed by atoms with van der Waals surface area (Å²) in [6, 6.07) is 10.2. The molecule has 0 saturated carbocycles. The minimum atomic E-state index is -0.227. The van der Waals surface area contributed by atoms with Crippen molar-refractivity contribution in [3.05, 3.63) is 47.3 Å². The van der Waals surface area contributed by atoms with Crippen molar-refractivity contribution in [1.29, 1.82) is 0 Å². The zero-order chi connectivity index (χ0) is 25.4. The van der Waals surface area contributed by atoms with Crippen molar-refractivity contribution in [1.82, 2.24) is 9.91 Å². The zero-order valence-electron chi connectivity index (χ0n) is 22.4. The second-order valence-electron chi connectivity index (χ2n) is 9.28. The lowest BCUT2D eigenvalue weighted by Gasteiger charge is -2.37. The Balaban J connectivity index is 0.00000167. The number of piperazine rings is 1. The normalized spacial score (nSPS) is 17.5. The summed E-state index contributed by atoms with van der Waals surface area (Å²) in [5.74, 6) is -0.227. The van der Waals surface area contributed by atoms with E-state index in [1.54, 1.807) is 0 Å². The van der Waals surface area contributed by atoms with Gasteiger partial charge < -0.3 is 25.9 Å². The van der Waals surface area contributed by atoms with Gasteiger partial charge in [-0.05, 0) is 74.3 Å². The van der Waals surface area contributed by atoms with Crippen LogP contribution in [0.1, 0.15) is 45.2 Å². The Labute approximate surface area is 211 Å². The van der Waals surface area contributed by atoms with Gasteiger partial charge >= 0.3 is 0 Å². The summed E-state index contributed by atoms with van der Waals surface area (Å²) in [5, 5.41) is 2.25. The van der Waals surface area contributed by atoms with E-state index in [4.69, 9.17) is 5.73 Å². The molecule has 2 aliphatic heterocycles. The number of halogens is 1. The molecule has 7 heteroatoms. The largest absolute Gasteiger partial charge is 0.398 e. The Morgan fingerprint density at radius 1 is 0.829 bits per heavy atom. The average molecular weight is 485 g/mol. The van der Waals surface area contributed by atoms with Crippen molar-refractivity contribution in [3.8, 4) is 0 Å².